The molecule has 0 unspecified atom stereocenters. The second kappa shape index (κ2) is 15.4. The summed E-state index contributed by atoms with van der Waals surface area (Å²) in [7, 11) is 0. The summed E-state index contributed by atoms with van der Waals surface area (Å²) in [6, 6.07) is 47.4. The SMILES string of the molecule is C/C=C/Nc1c(C)c(-c2ccc(/C=C/c3ccccc3)cc2)c2ccccc2c1-c1ccc(/C=C/c2ccccc2)cc1.CC. The monoisotopic (exact) mass is 583 g/mol. The van der Waals surface area contributed by atoms with E-state index < -0.39 is 0 Å². The Morgan fingerprint density at radius 1 is 0.444 bits per heavy atom. The minimum atomic E-state index is 1.13. The van der Waals surface area contributed by atoms with Gasteiger partial charge in [-0.2, -0.15) is 0 Å². The number of benzene rings is 6. The summed E-state index contributed by atoms with van der Waals surface area (Å²) in [5.74, 6) is 0. The van der Waals surface area contributed by atoms with Crippen molar-refractivity contribution in [3.63, 3.8) is 0 Å². The van der Waals surface area contributed by atoms with Gasteiger partial charge in [-0.05, 0) is 75.3 Å². The number of nitrogens with one attached hydrogen (secondary N) is 1. The van der Waals surface area contributed by atoms with E-state index in [4.69, 9.17) is 0 Å². The summed E-state index contributed by atoms with van der Waals surface area (Å²) in [6.07, 6.45) is 12.7. The van der Waals surface area contributed by atoms with Crippen molar-refractivity contribution in [1.82, 2.24) is 0 Å². The molecule has 0 saturated carbocycles. The van der Waals surface area contributed by atoms with E-state index in [1.54, 1.807) is 0 Å². The molecule has 0 radical (unpaired) electrons. The zero-order chi connectivity index (χ0) is 31.4. The zero-order valence-electron chi connectivity index (χ0n) is 26.7. The average molecular weight is 584 g/mol. The first kappa shape index (κ1) is 31.0. The Morgan fingerprint density at radius 2 is 0.822 bits per heavy atom. The third kappa shape index (κ3) is 7.40. The smallest absolute Gasteiger partial charge is 0.0501 e. The molecule has 6 aromatic carbocycles. The molecule has 0 spiro atoms. The summed E-state index contributed by atoms with van der Waals surface area (Å²) in [6.45, 7) is 8.27. The van der Waals surface area contributed by atoms with Crippen LogP contribution in [0.4, 0.5) is 5.69 Å². The maximum Gasteiger partial charge on any atom is 0.0501 e. The molecule has 6 aromatic rings. The lowest BCUT2D eigenvalue weighted by atomic mass is 9.86. The predicted molar refractivity (Wildman–Crippen MR) is 200 cm³/mol. The molecule has 0 aliphatic heterocycles. The fourth-order valence-electron chi connectivity index (χ4n) is 5.62. The first-order chi connectivity index (χ1) is 22.2. The lowest BCUT2D eigenvalue weighted by Gasteiger charge is -2.21. The van der Waals surface area contributed by atoms with Gasteiger partial charge < -0.3 is 5.32 Å². The van der Waals surface area contributed by atoms with Gasteiger partial charge in [-0.3, -0.25) is 0 Å². The fourth-order valence-corrected chi connectivity index (χ4v) is 5.62. The second-order valence-electron chi connectivity index (χ2n) is 10.7. The highest BCUT2D eigenvalue weighted by atomic mass is 14.8. The van der Waals surface area contributed by atoms with Crippen LogP contribution in [-0.2, 0) is 0 Å². The van der Waals surface area contributed by atoms with Crippen LogP contribution in [0.1, 0.15) is 48.6 Å². The van der Waals surface area contributed by atoms with Crippen molar-refractivity contribution < 1.29 is 0 Å². The summed E-state index contributed by atoms with van der Waals surface area (Å²) in [5, 5.41) is 6.12. The molecule has 1 heteroatoms. The Kier molecular flexibility index (Phi) is 10.6. The summed E-state index contributed by atoms with van der Waals surface area (Å²) in [4.78, 5) is 0. The number of allylic oxidation sites excluding steroid dienone is 1. The Morgan fingerprint density at radius 3 is 1.27 bits per heavy atom. The van der Waals surface area contributed by atoms with Crippen molar-refractivity contribution in [2.24, 2.45) is 0 Å². The largest absolute Gasteiger partial charge is 0.361 e. The molecule has 1 nitrogen and oxygen atoms in total. The van der Waals surface area contributed by atoms with Gasteiger partial charge in [0.2, 0.25) is 0 Å². The van der Waals surface area contributed by atoms with E-state index >= 15 is 0 Å². The molecule has 0 saturated heterocycles. The van der Waals surface area contributed by atoms with Crippen LogP contribution in [-0.4, -0.2) is 0 Å². The quantitative estimate of drug-likeness (QED) is 0.176. The number of hydrogen-bond acceptors (Lipinski definition) is 1. The van der Waals surface area contributed by atoms with Crippen molar-refractivity contribution in [3.8, 4) is 22.3 Å². The molecule has 45 heavy (non-hydrogen) atoms. The van der Waals surface area contributed by atoms with E-state index in [0.717, 1.165) is 5.69 Å². The van der Waals surface area contributed by atoms with Crippen molar-refractivity contribution in [2.45, 2.75) is 27.7 Å². The fraction of sp³-hybridized carbons (Fsp3) is 0.0909. The van der Waals surface area contributed by atoms with Gasteiger partial charge in [0.25, 0.3) is 0 Å². The Hall–Kier alpha value is -5.40. The van der Waals surface area contributed by atoms with Crippen molar-refractivity contribution in [3.05, 3.63) is 174 Å². The lowest BCUT2D eigenvalue weighted by Crippen LogP contribution is -1.99. The van der Waals surface area contributed by atoms with Crippen LogP contribution in [0, 0.1) is 6.92 Å². The van der Waals surface area contributed by atoms with Crippen LogP contribution < -0.4 is 5.32 Å². The molecule has 1 N–H and O–H groups in total. The third-order valence-electron chi connectivity index (χ3n) is 7.79. The molecule has 0 bridgehead atoms. The molecule has 0 atom stereocenters. The molecule has 0 heterocycles. The van der Waals surface area contributed by atoms with E-state index in [-0.39, 0.29) is 0 Å². The van der Waals surface area contributed by atoms with Gasteiger partial charge in [0.05, 0.1) is 5.69 Å². The van der Waals surface area contributed by atoms with Crippen LogP contribution >= 0.6 is 0 Å². The van der Waals surface area contributed by atoms with Crippen molar-refractivity contribution in [1.29, 1.82) is 0 Å². The molecule has 0 amide bonds. The summed E-state index contributed by atoms with van der Waals surface area (Å²) in [5.41, 5.74) is 12.0. The molecule has 0 aliphatic rings. The Bertz CT molecular complexity index is 1910. The van der Waals surface area contributed by atoms with Gasteiger partial charge in [-0.25, -0.2) is 0 Å². The van der Waals surface area contributed by atoms with Crippen molar-refractivity contribution in [2.75, 3.05) is 5.32 Å². The van der Waals surface area contributed by atoms with E-state index in [9.17, 15) is 0 Å². The van der Waals surface area contributed by atoms with Crippen LogP contribution in [0.5, 0.6) is 0 Å². The lowest BCUT2D eigenvalue weighted by molar-refractivity contribution is 1.44. The number of fused-ring (bicyclic) bond motifs is 1. The molecular weight excluding hydrogens is 542 g/mol. The third-order valence-corrected chi connectivity index (χ3v) is 7.79. The maximum atomic E-state index is 3.64. The van der Waals surface area contributed by atoms with E-state index in [2.05, 4.69) is 158 Å². The minimum absolute atomic E-state index is 1.13. The normalized spacial score (nSPS) is 11.3. The molecule has 6 rings (SSSR count). The number of rotatable bonds is 8. The van der Waals surface area contributed by atoms with Gasteiger partial charge in [-0.1, -0.05) is 178 Å². The van der Waals surface area contributed by atoms with Gasteiger partial charge in [0, 0.05) is 5.56 Å². The standard InChI is InChI=1S/C42H35N.C2H6/c1-3-30-43-42-31(2)40(36-26-22-34(23-27-36)20-18-32-12-6-4-7-13-32)38-16-10-11-17-39(38)41(42)37-28-24-35(25-29-37)21-19-33-14-8-5-9-15-33;1-2/h3-30,43H,1-2H3;1-2H3/b20-18+,21-19+,30-3+;. The average Bonchev–Trinajstić information content (AvgIpc) is 3.11. The van der Waals surface area contributed by atoms with E-state index in [1.807, 2.05) is 45.2 Å². The molecule has 222 valence electrons. The maximum absolute atomic E-state index is 3.64. The highest BCUT2D eigenvalue weighted by Gasteiger charge is 2.18. The second-order valence-corrected chi connectivity index (χ2v) is 10.7. The first-order valence-corrected chi connectivity index (χ1v) is 15.8. The molecule has 0 fully saturated rings. The highest BCUT2D eigenvalue weighted by Crippen LogP contribution is 2.44. The molecule has 0 aliphatic carbocycles. The Labute approximate surface area is 268 Å². The molecular formula is C44H41N. The van der Waals surface area contributed by atoms with E-state index in [1.165, 1.54) is 60.8 Å². The summed E-state index contributed by atoms with van der Waals surface area (Å²) >= 11 is 0. The minimum Gasteiger partial charge on any atom is -0.361 e. The number of hydrogen-bond donors (Lipinski definition) is 1. The zero-order valence-corrected chi connectivity index (χ0v) is 26.7. The van der Waals surface area contributed by atoms with Gasteiger partial charge in [0.15, 0.2) is 0 Å². The highest BCUT2D eigenvalue weighted by molar-refractivity contribution is 6.12. The van der Waals surface area contributed by atoms with Gasteiger partial charge >= 0.3 is 0 Å². The molecule has 0 aromatic heterocycles. The van der Waals surface area contributed by atoms with Crippen LogP contribution in [0.2, 0.25) is 0 Å². The van der Waals surface area contributed by atoms with Gasteiger partial charge in [-0.15, -0.1) is 0 Å². The van der Waals surface area contributed by atoms with Crippen LogP contribution in [0.3, 0.4) is 0 Å². The first-order valence-electron chi connectivity index (χ1n) is 15.8. The van der Waals surface area contributed by atoms with Crippen LogP contribution in [0.25, 0.3) is 57.3 Å². The Balaban J connectivity index is 0.00000196. The van der Waals surface area contributed by atoms with Crippen LogP contribution in [0.15, 0.2) is 146 Å². The topological polar surface area (TPSA) is 12.0 Å². The van der Waals surface area contributed by atoms with Gasteiger partial charge in [0.1, 0.15) is 0 Å². The number of anilines is 1. The van der Waals surface area contributed by atoms with E-state index in [0.29, 0.717) is 0 Å². The summed E-state index contributed by atoms with van der Waals surface area (Å²) < 4.78 is 0. The van der Waals surface area contributed by atoms with Crippen molar-refractivity contribution >= 4 is 40.8 Å². The predicted octanol–water partition coefficient (Wildman–Crippen LogP) is 12.8.